The Bertz CT molecular complexity index is 311. The van der Waals surface area contributed by atoms with E-state index < -0.39 is 11.9 Å². The molecule has 0 radical (unpaired) electrons. The molecule has 1 fully saturated rings. The van der Waals surface area contributed by atoms with Crippen LogP contribution in [-0.2, 0) is 14.3 Å². The first-order valence-corrected chi connectivity index (χ1v) is 3.63. The number of rotatable bonds is 2. The summed E-state index contributed by atoms with van der Waals surface area (Å²) in [5.74, 6) is -1.28. The van der Waals surface area contributed by atoms with E-state index in [9.17, 15) is 9.59 Å². The van der Waals surface area contributed by atoms with Gasteiger partial charge in [0.25, 0.3) is 0 Å². The van der Waals surface area contributed by atoms with Crippen molar-refractivity contribution in [1.29, 1.82) is 0 Å². The largest absolute Gasteiger partial charge is 0.386 e. The molecule has 0 saturated carbocycles. The SMILES string of the molecule is C=C/C=C1/C(=O)OC(=O)/C1=C/C=C. The second kappa shape index (κ2) is 3.67. The lowest BCUT2D eigenvalue weighted by Crippen LogP contribution is -1.96. The average Bonchev–Trinajstić information content (AvgIpc) is 2.33. The van der Waals surface area contributed by atoms with Gasteiger partial charge >= 0.3 is 11.9 Å². The molecular formula is C10H8O3. The van der Waals surface area contributed by atoms with Gasteiger partial charge in [0.1, 0.15) is 0 Å². The van der Waals surface area contributed by atoms with Gasteiger partial charge in [0.05, 0.1) is 11.1 Å². The van der Waals surface area contributed by atoms with Crippen molar-refractivity contribution in [3.8, 4) is 0 Å². The Kier molecular flexibility index (Phi) is 2.59. The van der Waals surface area contributed by atoms with Crippen molar-refractivity contribution in [2.75, 3.05) is 0 Å². The van der Waals surface area contributed by atoms with Gasteiger partial charge in [0.15, 0.2) is 0 Å². The van der Waals surface area contributed by atoms with Crippen molar-refractivity contribution in [3.63, 3.8) is 0 Å². The van der Waals surface area contributed by atoms with Crippen LogP contribution in [0, 0.1) is 0 Å². The van der Waals surface area contributed by atoms with E-state index in [2.05, 4.69) is 17.9 Å². The van der Waals surface area contributed by atoms with Crippen LogP contribution >= 0.6 is 0 Å². The maximum Gasteiger partial charge on any atom is 0.346 e. The fraction of sp³-hybridized carbons (Fsp3) is 0. The van der Waals surface area contributed by atoms with Gasteiger partial charge in [0, 0.05) is 0 Å². The molecule has 13 heavy (non-hydrogen) atoms. The molecule has 1 aliphatic heterocycles. The Hall–Kier alpha value is -1.90. The number of esters is 2. The third kappa shape index (κ3) is 1.64. The summed E-state index contributed by atoms with van der Waals surface area (Å²) in [6.07, 6.45) is 5.71. The molecule has 0 amide bonds. The molecule has 0 spiro atoms. The standard InChI is InChI=1S/C10H8O3/c1-3-5-7-8(6-4-2)10(12)13-9(7)11/h3-6H,1-2H2/b7-5+,8-6+. The third-order valence-electron chi connectivity index (χ3n) is 1.48. The molecule has 1 rings (SSSR count). The van der Waals surface area contributed by atoms with E-state index in [1.807, 2.05) is 0 Å². The monoisotopic (exact) mass is 176 g/mol. The summed E-state index contributed by atoms with van der Waals surface area (Å²) in [6, 6.07) is 0. The second-order valence-corrected chi connectivity index (χ2v) is 2.31. The molecule has 3 nitrogen and oxygen atoms in total. The predicted molar refractivity (Wildman–Crippen MR) is 47.7 cm³/mol. The Morgan fingerprint density at radius 3 is 1.62 bits per heavy atom. The summed E-state index contributed by atoms with van der Waals surface area (Å²) in [6.45, 7) is 6.86. The maximum atomic E-state index is 11.0. The Morgan fingerprint density at radius 1 is 0.923 bits per heavy atom. The van der Waals surface area contributed by atoms with E-state index in [1.54, 1.807) is 0 Å². The fourth-order valence-corrected chi connectivity index (χ4v) is 0.965. The van der Waals surface area contributed by atoms with Crippen LogP contribution in [0.4, 0.5) is 0 Å². The lowest BCUT2D eigenvalue weighted by molar-refractivity contribution is -0.149. The molecule has 1 saturated heterocycles. The summed E-state index contributed by atoms with van der Waals surface area (Å²) < 4.78 is 4.38. The molecule has 1 aliphatic rings. The zero-order chi connectivity index (χ0) is 9.84. The average molecular weight is 176 g/mol. The normalized spacial score (nSPS) is 22.2. The fourth-order valence-electron chi connectivity index (χ4n) is 0.965. The third-order valence-corrected chi connectivity index (χ3v) is 1.48. The van der Waals surface area contributed by atoms with Crippen LogP contribution in [-0.4, -0.2) is 11.9 Å². The van der Waals surface area contributed by atoms with Crippen LogP contribution in [0.15, 0.2) is 48.6 Å². The van der Waals surface area contributed by atoms with E-state index >= 15 is 0 Å². The first-order valence-electron chi connectivity index (χ1n) is 3.63. The van der Waals surface area contributed by atoms with E-state index in [4.69, 9.17) is 0 Å². The molecule has 1 heterocycles. The Labute approximate surface area is 75.7 Å². The van der Waals surface area contributed by atoms with Gasteiger partial charge in [-0.15, -0.1) is 0 Å². The lowest BCUT2D eigenvalue weighted by atomic mass is 10.1. The molecular weight excluding hydrogens is 168 g/mol. The number of hydrogen-bond donors (Lipinski definition) is 0. The highest BCUT2D eigenvalue weighted by Crippen LogP contribution is 2.21. The second-order valence-electron chi connectivity index (χ2n) is 2.31. The van der Waals surface area contributed by atoms with Crippen LogP contribution in [0.3, 0.4) is 0 Å². The predicted octanol–water partition coefficient (Wildman–Crippen LogP) is 1.29. The molecule has 3 heteroatoms. The molecule has 66 valence electrons. The first-order chi connectivity index (χ1) is 6.20. The molecule has 0 unspecified atom stereocenters. The minimum Gasteiger partial charge on any atom is -0.386 e. The number of allylic oxidation sites excluding steroid dienone is 4. The number of carbonyl (C=O) groups is 2. The van der Waals surface area contributed by atoms with E-state index in [0.29, 0.717) is 0 Å². The molecule has 0 bridgehead atoms. The van der Waals surface area contributed by atoms with Gasteiger partial charge in [-0.25, -0.2) is 9.59 Å². The smallest absolute Gasteiger partial charge is 0.346 e. The summed E-state index contributed by atoms with van der Waals surface area (Å²) in [7, 11) is 0. The Morgan fingerprint density at radius 2 is 1.31 bits per heavy atom. The van der Waals surface area contributed by atoms with E-state index in [1.165, 1.54) is 24.3 Å². The number of hydrogen-bond acceptors (Lipinski definition) is 3. The van der Waals surface area contributed by atoms with Crippen molar-refractivity contribution in [1.82, 2.24) is 0 Å². The van der Waals surface area contributed by atoms with Gasteiger partial charge < -0.3 is 4.74 Å². The summed E-state index contributed by atoms with van der Waals surface area (Å²) >= 11 is 0. The summed E-state index contributed by atoms with van der Waals surface area (Å²) in [4.78, 5) is 22.1. The van der Waals surface area contributed by atoms with Crippen LogP contribution in [0.25, 0.3) is 0 Å². The van der Waals surface area contributed by atoms with Gasteiger partial charge in [-0.2, -0.15) is 0 Å². The van der Waals surface area contributed by atoms with Crippen LogP contribution in [0.5, 0.6) is 0 Å². The number of ether oxygens (including phenoxy) is 1. The molecule has 0 aliphatic carbocycles. The molecule has 0 aromatic rings. The Balaban J connectivity index is 3.18. The van der Waals surface area contributed by atoms with Crippen molar-refractivity contribution in [2.45, 2.75) is 0 Å². The van der Waals surface area contributed by atoms with Crippen LogP contribution in [0.2, 0.25) is 0 Å². The van der Waals surface area contributed by atoms with Gasteiger partial charge in [-0.1, -0.05) is 25.3 Å². The van der Waals surface area contributed by atoms with Crippen molar-refractivity contribution in [2.24, 2.45) is 0 Å². The topological polar surface area (TPSA) is 43.4 Å². The minimum atomic E-state index is -0.641. The first kappa shape index (κ1) is 9.19. The number of carbonyl (C=O) groups excluding carboxylic acids is 2. The van der Waals surface area contributed by atoms with Crippen molar-refractivity contribution < 1.29 is 14.3 Å². The van der Waals surface area contributed by atoms with Crippen molar-refractivity contribution >= 4 is 11.9 Å². The minimum absolute atomic E-state index is 0.222. The summed E-state index contributed by atoms with van der Waals surface area (Å²) in [5.41, 5.74) is 0.444. The number of cyclic esters (lactones) is 2. The molecule has 0 N–H and O–H groups in total. The van der Waals surface area contributed by atoms with Gasteiger partial charge in [-0.3, -0.25) is 0 Å². The zero-order valence-corrected chi connectivity index (χ0v) is 6.95. The quantitative estimate of drug-likeness (QED) is 0.362. The van der Waals surface area contributed by atoms with Gasteiger partial charge in [0.2, 0.25) is 0 Å². The van der Waals surface area contributed by atoms with E-state index in [0.717, 1.165) is 0 Å². The van der Waals surface area contributed by atoms with Crippen LogP contribution < -0.4 is 0 Å². The molecule has 0 aromatic carbocycles. The highest BCUT2D eigenvalue weighted by Gasteiger charge is 2.32. The highest BCUT2D eigenvalue weighted by molar-refractivity contribution is 6.18. The van der Waals surface area contributed by atoms with Crippen LogP contribution in [0.1, 0.15) is 0 Å². The molecule has 0 aromatic heterocycles. The molecule has 0 atom stereocenters. The van der Waals surface area contributed by atoms with E-state index in [-0.39, 0.29) is 11.1 Å². The zero-order valence-electron chi connectivity index (χ0n) is 6.95. The highest BCUT2D eigenvalue weighted by atomic mass is 16.6. The lowest BCUT2D eigenvalue weighted by Gasteiger charge is -1.87. The summed E-state index contributed by atoms with van der Waals surface area (Å²) in [5, 5.41) is 0. The van der Waals surface area contributed by atoms with Crippen molar-refractivity contribution in [3.05, 3.63) is 48.6 Å². The van der Waals surface area contributed by atoms with Gasteiger partial charge in [-0.05, 0) is 12.2 Å². The maximum absolute atomic E-state index is 11.0.